The molecule has 0 saturated heterocycles. The van der Waals surface area contributed by atoms with Crippen molar-refractivity contribution >= 4 is 5.78 Å². The lowest BCUT2D eigenvalue weighted by atomic mass is 9.90. The van der Waals surface area contributed by atoms with E-state index in [2.05, 4.69) is 26.0 Å². The van der Waals surface area contributed by atoms with E-state index in [1.165, 1.54) is 5.56 Å². The molecule has 0 N–H and O–H groups in total. The molecule has 1 aromatic rings. The number of ketones is 1. The zero-order valence-corrected chi connectivity index (χ0v) is 9.46. The predicted molar refractivity (Wildman–Crippen MR) is 59.5 cm³/mol. The Morgan fingerprint density at radius 2 is 2.07 bits per heavy atom. The summed E-state index contributed by atoms with van der Waals surface area (Å²) in [5.74, 6) is 1.55. The lowest BCUT2D eigenvalue weighted by Crippen LogP contribution is -2.22. The van der Waals surface area contributed by atoms with Crippen molar-refractivity contribution in [2.24, 2.45) is 0 Å². The fourth-order valence-electron chi connectivity index (χ4n) is 2.09. The molecule has 0 aliphatic carbocycles. The molecule has 0 spiro atoms. The smallest absolute Gasteiger partial charge is 0.174 e. The zero-order chi connectivity index (χ0) is 11.0. The van der Waals surface area contributed by atoms with Gasteiger partial charge in [-0.15, -0.1) is 0 Å². The Bertz CT molecular complexity index is 405. The number of hydrogen-bond donors (Lipinski definition) is 0. The highest BCUT2D eigenvalue weighted by atomic mass is 16.5. The maximum atomic E-state index is 11.4. The first kappa shape index (κ1) is 10.2. The molecule has 80 valence electrons. The van der Waals surface area contributed by atoms with Gasteiger partial charge in [0.1, 0.15) is 12.4 Å². The molecule has 0 atom stereocenters. The van der Waals surface area contributed by atoms with Gasteiger partial charge in [0.05, 0.1) is 0 Å². The molecule has 0 aromatic heterocycles. The summed E-state index contributed by atoms with van der Waals surface area (Å²) in [5, 5.41) is 0. The Balaban J connectivity index is 2.56. The maximum absolute atomic E-state index is 11.4. The van der Waals surface area contributed by atoms with Crippen molar-refractivity contribution in [1.29, 1.82) is 0 Å². The predicted octanol–water partition coefficient (Wildman–Crippen LogP) is 2.62. The Kier molecular flexibility index (Phi) is 2.51. The van der Waals surface area contributed by atoms with Gasteiger partial charge < -0.3 is 4.74 Å². The van der Waals surface area contributed by atoms with E-state index < -0.39 is 0 Å². The average molecular weight is 204 g/mol. The Hall–Kier alpha value is -1.31. The van der Waals surface area contributed by atoms with E-state index in [4.69, 9.17) is 4.74 Å². The van der Waals surface area contributed by atoms with Gasteiger partial charge in [-0.2, -0.15) is 0 Å². The van der Waals surface area contributed by atoms with Crippen molar-refractivity contribution in [3.05, 3.63) is 28.8 Å². The molecule has 1 aromatic carbocycles. The van der Waals surface area contributed by atoms with E-state index in [0.717, 1.165) is 16.9 Å². The molecular formula is C13H16O2. The SMILES string of the molecule is Cc1ccc(C(C)C)c2c1OCC(=O)C2. The fourth-order valence-corrected chi connectivity index (χ4v) is 2.09. The topological polar surface area (TPSA) is 26.3 Å². The molecule has 2 rings (SSSR count). The summed E-state index contributed by atoms with van der Waals surface area (Å²) < 4.78 is 5.51. The molecule has 0 radical (unpaired) electrons. The van der Waals surface area contributed by atoms with Crippen LogP contribution in [-0.4, -0.2) is 12.4 Å². The number of carbonyl (C=O) groups is 1. The third-order valence-corrected chi connectivity index (χ3v) is 2.87. The van der Waals surface area contributed by atoms with Gasteiger partial charge in [-0.25, -0.2) is 0 Å². The third kappa shape index (κ3) is 1.76. The summed E-state index contributed by atoms with van der Waals surface area (Å²) >= 11 is 0. The van der Waals surface area contributed by atoms with E-state index >= 15 is 0 Å². The normalized spacial score (nSPS) is 15.1. The van der Waals surface area contributed by atoms with Gasteiger partial charge in [0.25, 0.3) is 0 Å². The van der Waals surface area contributed by atoms with Gasteiger partial charge in [0.15, 0.2) is 5.78 Å². The van der Waals surface area contributed by atoms with Crippen LogP contribution in [0.1, 0.15) is 36.5 Å². The van der Waals surface area contributed by atoms with Crippen molar-refractivity contribution in [1.82, 2.24) is 0 Å². The van der Waals surface area contributed by atoms with E-state index in [1.807, 2.05) is 6.92 Å². The van der Waals surface area contributed by atoms with Crippen LogP contribution >= 0.6 is 0 Å². The minimum atomic E-state index is 0.176. The number of ether oxygens (including phenoxy) is 1. The molecule has 1 aliphatic rings. The zero-order valence-electron chi connectivity index (χ0n) is 9.46. The summed E-state index contributed by atoms with van der Waals surface area (Å²) in [6, 6.07) is 4.19. The van der Waals surface area contributed by atoms with Crippen LogP contribution in [-0.2, 0) is 11.2 Å². The van der Waals surface area contributed by atoms with Crippen molar-refractivity contribution < 1.29 is 9.53 Å². The highest BCUT2D eigenvalue weighted by molar-refractivity contribution is 5.85. The first-order chi connectivity index (χ1) is 7.09. The minimum absolute atomic E-state index is 0.176. The average Bonchev–Trinajstić information content (AvgIpc) is 2.17. The van der Waals surface area contributed by atoms with E-state index in [1.54, 1.807) is 0 Å². The van der Waals surface area contributed by atoms with Crippen LogP contribution in [0.25, 0.3) is 0 Å². The largest absolute Gasteiger partial charge is 0.485 e. The number of fused-ring (bicyclic) bond motifs is 1. The molecule has 1 aliphatic heterocycles. The second-order valence-electron chi connectivity index (χ2n) is 4.44. The van der Waals surface area contributed by atoms with Crippen molar-refractivity contribution in [3.8, 4) is 5.75 Å². The fraction of sp³-hybridized carbons (Fsp3) is 0.462. The lowest BCUT2D eigenvalue weighted by Gasteiger charge is -2.23. The van der Waals surface area contributed by atoms with Crippen molar-refractivity contribution in [2.75, 3.05) is 6.61 Å². The molecule has 0 amide bonds. The van der Waals surface area contributed by atoms with Crippen LogP contribution in [0.2, 0.25) is 0 Å². The second kappa shape index (κ2) is 3.69. The first-order valence-corrected chi connectivity index (χ1v) is 5.36. The number of carbonyl (C=O) groups excluding carboxylic acids is 1. The van der Waals surface area contributed by atoms with Crippen LogP contribution in [0.3, 0.4) is 0 Å². The number of Topliss-reactive ketones (excluding diaryl/α,β-unsaturated/α-hetero) is 1. The van der Waals surface area contributed by atoms with Gasteiger partial charge in [0.2, 0.25) is 0 Å². The van der Waals surface area contributed by atoms with Crippen LogP contribution in [0, 0.1) is 6.92 Å². The van der Waals surface area contributed by atoms with E-state index in [9.17, 15) is 4.79 Å². The number of benzene rings is 1. The number of aryl methyl sites for hydroxylation is 1. The third-order valence-electron chi connectivity index (χ3n) is 2.87. The highest BCUT2D eigenvalue weighted by Crippen LogP contribution is 2.33. The van der Waals surface area contributed by atoms with Gasteiger partial charge in [-0.3, -0.25) is 4.79 Å². The Morgan fingerprint density at radius 1 is 1.33 bits per heavy atom. The van der Waals surface area contributed by atoms with Crippen LogP contribution < -0.4 is 4.74 Å². The summed E-state index contributed by atoms with van der Waals surface area (Å²) in [6.45, 7) is 6.54. The van der Waals surface area contributed by atoms with Crippen LogP contribution in [0.15, 0.2) is 12.1 Å². The van der Waals surface area contributed by atoms with Gasteiger partial charge in [-0.05, 0) is 24.0 Å². The molecule has 0 bridgehead atoms. The first-order valence-electron chi connectivity index (χ1n) is 5.36. The molecule has 2 nitrogen and oxygen atoms in total. The molecular weight excluding hydrogens is 188 g/mol. The van der Waals surface area contributed by atoms with Crippen LogP contribution in [0.4, 0.5) is 0 Å². The molecule has 0 saturated carbocycles. The second-order valence-corrected chi connectivity index (χ2v) is 4.44. The molecule has 1 heterocycles. The quantitative estimate of drug-likeness (QED) is 0.703. The van der Waals surface area contributed by atoms with E-state index in [0.29, 0.717) is 12.3 Å². The van der Waals surface area contributed by atoms with Gasteiger partial charge in [-0.1, -0.05) is 26.0 Å². The summed E-state index contributed by atoms with van der Waals surface area (Å²) in [7, 11) is 0. The molecule has 0 unspecified atom stereocenters. The Morgan fingerprint density at radius 3 is 2.73 bits per heavy atom. The lowest BCUT2D eigenvalue weighted by molar-refractivity contribution is -0.121. The van der Waals surface area contributed by atoms with Crippen molar-refractivity contribution in [3.63, 3.8) is 0 Å². The maximum Gasteiger partial charge on any atom is 0.174 e. The monoisotopic (exact) mass is 204 g/mol. The molecule has 2 heteroatoms. The minimum Gasteiger partial charge on any atom is -0.485 e. The summed E-state index contributed by atoms with van der Waals surface area (Å²) in [6.07, 6.45) is 0.532. The highest BCUT2D eigenvalue weighted by Gasteiger charge is 2.22. The van der Waals surface area contributed by atoms with Crippen LogP contribution in [0.5, 0.6) is 5.75 Å². The molecule has 15 heavy (non-hydrogen) atoms. The van der Waals surface area contributed by atoms with E-state index in [-0.39, 0.29) is 12.4 Å². The standard InChI is InChI=1S/C13H16O2/c1-8(2)11-5-4-9(3)13-12(11)6-10(14)7-15-13/h4-5,8H,6-7H2,1-3H3. The Labute approximate surface area is 90.3 Å². The summed E-state index contributed by atoms with van der Waals surface area (Å²) in [5.41, 5.74) is 3.46. The van der Waals surface area contributed by atoms with Crippen molar-refractivity contribution in [2.45, 2.75) is 33.1 Å². The summed E-state index contributed by atoms with van der Waals surface area (Å²) in [4.78, 5) is 11.4. The van der Waals surface area contributed by atoms with Gasteiger partial charge >= 0.3 is 0 Å². The van der Waals surface area contributed by atoms with Gasteiger partial charge in [0, 0.05) is 12.0 Å². The number of hydrogen-bond acceptors (Lipinski definition) is 2. The molecule has 0 fully saturated rings. The number of rotatable bonds is 1.